The molecule has 2 rings (SSSR count). The van der Waals surface area contributed by atoms with Crippen LogP contribution in [0.25, 0.3) is 11.1 Å². The van der Waals surface area contributed by atoms with Gasteiger partial charge in [0.2, 0.25) is 0 Å². The summed E-state index contributed by atoms with van der Waals surface area (Å²) in [5.41, 5.74) is 0.825. The fourth-order valence-electron chi connectivity index (χ4n) is 1.74. The molecule has 0 aliphatic rings. The monoisotopic (exact) mass is 400 g/mol. The van der Waals surface area contributed by atoms with Gasteiger partial charge >= 0.3 is 0 Å². The molecule has 0 aromatic heterocycles. The number of benzene rings is 2. The molecule has 0 saturated heterocycles. The lowest BCUT2D eigenvalue weighted by Gasteiger charge is -2.07. The van der Waals surface area contributed by atoms with Crippen molar-refractivity contribution in [3.05, 3.63) is 65.6 Å². The molecule has 0 unspecified atom stereocenters. The molecule has 102 valence electrons. The van der Waals surface area contributed by atoms with Gasteiger partial charge in [0.15, 0.2) is 0 Å². The Balaban J connectivity index is 2.70. The van der Waals surface area contributed by atoms with Crippen LogP contribution in [0.2, 0.25) is 0 Å². The first-order valence-corrected chi connectivity index (χ1v) is 6.88. The summed E-state index contributed by atoms with van der Waals surface area (Å²) in [6.45, 7) is 0. The second kappa shape index (κ2) is 5.68. The van der Waals surface area contributed by atoms with Gasteiger partial charge in [-0.1, -0.05) is 24.3 Å². The Morgan fingerprint density at radius 1 is 0.750 bits per heavy atom. The summed E-state index contributed by atoms with van der Waals surface area (Å²) in [4.78, 5) is 20.8. The summed E-state index contributed by atoms with van der Waals surface area (Å²) < 4.78 is 0.567. The summed E-state index contributed by atoms with van der Waals surface area (Å²) in [6, 6.07) is 9.09. The molecular weight excluding hydrogens is 396 g/mol. The fourth-order valence-corrected chi connectivity index (χ4v) is 2.98. The van der Waals surface area contributed by atoms with Crippen molar-refractivity contribution in [3.8, 4) is 11.1 Å². The second-order valence-electron chi connectivity index (χ2n) is 3.79. The number of hydrogen-bond acceptors (Lipinski definition) is 4. The third-order valence-electron chi connectivity index (χ3n) is 2.64. The van der Waals surface area contributed by atoms with E-state index in [0.717, 1.165) is 0 Å². The van der Waals surface area contributed by atoms with Gasteiger partial charge in [-0.3, -0.25) is 20.2 Å². The number of nitro benzene ring substituents is 2. The van der Waals surface area contributed by atoms with Crippen LogP contribution in [-0.2, 0) is 0 Å². The first-order valence-electron chi connectivity index (χ1n) is 5.29. The number of nitrogens with zero attached hydrogens (tertiary/aromatic N) is 2. The molecule has 0 N–H and O–H groups in total. The van der Waals surface area contributed by atoms with Gasteiger partial charge in [-0.05, 0) is 31.9 Å². The molecule has 0 saturated carbocycles. The highest BCUT2D eigenvalue weighted by Gasteiger charge is 2.21. The molecule has 0 aliphatic heterocycles. The van der Waals surface area contributed by atoms with Gasteiger partial charge in [0, 0.05) is 23.3 Å². The Morgan fingerprint density at radius 2 is 1.10 bits per heavy atom. The van der Waals surface area contributed by atoms with Crippen molar-refractivity contribution in [3.63, 3.8) is 0 Å². The Morgan fingerprint density at radius 3 is 1.40 bits per heavy atom. The van der Waals surface area contributed by atoms with Gasteiger partial charge in [0.25, 0.3) is 11.4 Å². The van der Waals surface area contributed by atoms with Gasteiger partial charge in [0.05, 0.1) is 9.85 Å². The highest BCUT2D eigenvalue weighted by molar-refractivity contribution is 9.11. The van der Waals surface area contributed by atoms with Crippen LogP contribution in [0.4, 0.5) is 11.4 Å². The molecule has 0 radical (unpaired) electrons. The smallest absolute Gasteiger partial charge is 0.258 e. The molecule has 0 bridgehead atoms. The summed E-state index contributed by atoms with van der Waals surface area (Å²) in [7, 11) is 0. The van der Waals surface area contributed by atoms with Gasteiger partial charge < -0.3 is 0 Å². The van der Waals surface area contributed by atoms with Gasteiger partial charge in [-0.25, -0.2) is 0 Å². The standard InChI is InChI=1S/C12H6Br2N2O4/c13-11-7(3-1-5-9(11)15(17)18)8-4-2-6-10(12(8)14)16(19)20/h1-6H. The Bertz CT molecular complexity index is 657. The maximum atomic E-state index is 10.9. The minimum absolute atomic E-state index is 0.0964. The number of nitro groups is 2. The SMILES string of the molecule is O=[N+]([O-])c1cccc(-c2cccc([N+](=O)[O-])c2Br)c1Br. The molecule has 0 fully saturated rings. The van der Waals surface area contributed by atoms with E-state index in [0.29, 0.717) is 11.1 Å². The van der Waals surface area contributed by atoms with Gasteiger partial charge in [0.1, 0.15) is 8.95 Å². The van der Waals surface area contributed by atoms with Crippen molar-refractivity contribution >= 4 is 43.2 Å². The molecule has 0 atom stereocenters. The third kappa shape index (κ3) is 2.56. The molecule has 0 amide bonds. The summed E-state index contributed by atoms with van der Waals surface area (Å²) in [5, 5.41) is 21.8. The zero-order valence-electron chi connectivity index (χ0n) is 9.75. The summed E-state index contributed by atoms with van der Waals surface area (Å²) in [6.07, 6.45) is 0. The predicted octanol–water partition coefficient (Wildman–Crippen LogP) is 4.70. The van der Waals surface area contributed by atoms with E-state index in [1.54, 1.807) is 12.1 Å². The van der Waals surface area contributed by atoms with Crippen LogP contribution in [0.3, 0.4) is 0 Å². The topological polar surface area (TPSA) is 86.3 Å². The van der Waals surface area contributed by atoms with Crippen LogP contribution < -0.4 is 0 Å². The molecule has 2 aromatic rings. The van der Waals surface area contributed by atoms with Gasteiger partial charge in [-0.15, -0.1) is 0 Å². The van der Waals surface area contributed by atoms with E-state index in [1.807, 2.05) is 0 Å². The largest absolute Gasteiger partial charge is 0.284 e. The lowest BCUT2D eigenvalue weighted by Crippen LogP contribution is -1.94. The number of hydrogen-bond donors (Lipinski definition) is 0. The first-order chi connectivity index (χ1) is 9.43. The predicted molar refractivity (Wildman–Crippen MR) is 80.6 cm³/mol. The van der Waals surface area contributed by atoms with Crippen molar-refractivity contribution < 1.29 is 9.85 Å². The molecule has 0 aliphatic carbocycles. The summed E-state index contributed by atoms with van der Waals surface area (Å²) in [5.74, 6) is 0. The number of rotatable bonds is 3. The lowest BCUT2D eigenvalue weighted by molar-refractivity contribution is -0.385. The van der Waals surface area contributed by atoms with E-state index < -0.39 is 9.85 Å². The average Bonchev–Trinajstić information content (AvgIpc) is 2.39. The third-order valence-corrected chi connectivity index (χ3v) is 4.31. The zero-order chi connectivity index (χ0) is 14.9. The van der Waals surface area contributed by atoms with Crippen LogP contribution in [0.5, 0.6) is 0 Å². The van der Waals surface area contributed by atoms with Crippen LogP contribution >= 0.6 is 31.9 Å². The number of halogens is 2. The second-order valence-corrected chi connectivity index (χ2v) is 5.38. The maximum absolute atomic E-state index is 10.9. The molecule has 6 nitrogen and oxygen atoms in total. The highest BCUT2D eigenvalue weighted by atomic mass is 79.9. The van der Waals surface area contributed by atoms with E-state index in [-0.39, 0.29) is 20.3 Å². The molecule has 2 aromatic carbocycles. The zero-order valence-corrected chi connectivity index (χ0v) is 12.9. The highest BCUT2D eigenvalue weighted by Crippen LogP contribution is 2.41. The first kappa shape index (κ1) is 14.6. The quantitative estimate of drug-likeness (QED) is 0.551. The van der Waals surface area contributed by atoms with Crippen LogP contribution in [0.15, 0.2) is 45.3 Å². The van der Waals surface area contributed by atoms with E-state index in [4.69, 9.17) is 0 Å². The molecule has 0 spiro atoms. The normalized spacial score (nSPS) is 10.3. The molecule has 0 heterocycles. The molecule has 8 heteroatoms. The summed E-state index contributed by atoms with van der Waals surface area (Å²) >= 11 is 6.36. The van der Waals surface area contributed by atoms with E-state index in [1.165, 1.54) is 24.3 Å². The average molecular weight is 402 g/mol. The van der Waals surface area contributed by atoms with Crippen molar-refractivity contribution in [1.82, 2.24) is 0 Å². The Kier molecular flexibility index (Phi) is 4.15. The van der Waals surface area contributed by atoms with Crippen molar-refractivity contribution in [2.45, 2.75) is 0 Å². The Labute approximate surface area is 130 Å². The van der Waals surface area contributed by atoms with E-state index in [9.17, 15) is 20.2 Å². The minimum atomic E-state index is -0.515. The van der Waals surface area contributed by atoms with Crippen molar-refractivity contribution in [2.24, 2.45) is 0 Å². The van der Waals surface area contributed by atoms with Crippen molar-refractivity contribution in [1.29, 1.82) is 0 Å². The Hall–Kier alpha value is -1.80. The van der Waals surface area contributed by atoms with Crippen molar-refractivity contribution in [2.75, 3.05) is 0 Å². The molecule has 20 heavy (non-hydrogen) atoms. The molecular formula is C12H6Br2N2O4. The fraction of sp³-hybridized carbons (Fsp3) is 0. The maximum Gasteiger partial charge on any atom is 0.284 e. The van der Waals surface area contributed by atoms with Crippen LogP contribution in [0, 0.1) is 20.2 Å². The van der Waals surface area contributed by atoms with Gasteiger partial charge in [-0.2, -0.15) is 0 Å². The van der Waals surface area contributed by atoms with Crippen LogP contribution in [0.1, 0.15) is 0 Å². The minimum Gasteiger partial charge on any atom is -0.258 e. The lowest BCUT2D eigenvalue weighted by atomic mass is 10.0. The van der Waals surface area contributed by atoms with E-state index >= 15 is 0 Å². The van der Waals surface area contributed by atoms with Crippen LogP contribution in [-0.4, -0.2) is 9.85 Å². The van der Waals surface area contributed by atoms with E-state index in [2.05, 4.69) is 31.9 Å².